The van der Waals surface area contributed by atoms with Crippen molar-refractivity contribution in [2.45, 2.75) is 24.8 Å². The Labute approximate surface area is 166 Å². The highest BCUT2D eigenvalue weighted by Gasteiger charge is 2.13. The molecule has 0 saturated carbocycles. The van der Waals surface area contributed by atoms with Crippen molar-refractivity contribution in [1.29, 1.82) is 0 Å². The first-order valence-corrected chi connectivity index (χ1v) is 10.5. The van der Waals surface area contributed by atoms with Gasteiger partial charge in [0, 0.05) is 12.2 Å². The maximum absolute atomic E-state index is 12.4. The van der Waals surface area contributed by atoms with Gasteiger partial charge in [-0.2, -0.15) is 0 Å². The average molecular weight is 397 g/mol. The second kappa shape index (κ2) is 8.91. The fourth-order valence-corrected chi connectivity index (χ4v) is 3.86. The van der Waals surface area contributed by atoms with Crippen LogP contribution in [0.15, 0.2) is 77.7 Å². The highest BCUT2D eigenvalue weighted by molar-refractivity contribution is 7.89. The molecule has 5 nitrogen and oxygen atoms in total. The standard InChI is InChI=1S/C22H24N2O3S/c1-17-6-2-3-8-19(17)16-27-22-9-5-4-7-18(22)14-15-24-28(25,26)21-12-10-20(23)11-13-21/h2-13,24H,14-16,23H2,1H3. The smallest absolute Gasteiger partial charge is 0.240 e. The Morgan fingerprint density at radius 2 is 1.54 bits per heavy atom. The Bertz CT molecular complexity index is 1030. The highest BCUT2D eigenvalue weighted by atomic mass is 32.2. The molecule has 0 heterocycles. The molecule has 6 heteroatoms. The van der Waals surface area contributed by atoms with Crippen LogP contribution in [-0.4, -0.2) is 15.0 Å². The van der Waals surface area contributed by atoms with Crippen molar-refractivity contribution in [1.82, 2.24) is 4.72 Å². The van der Waals surface area contributed by atoms with Gasteiger partial charge in [0.1, 0.15) is 12.4 Å². The third kappa shape index (κ3) is 5.12. The van der Waals surface area contributed by atoms with Crippen LogP contribution in [0, 0.1) is 6.92 Å². The number of nitrogens with two attached hydrogens (primary N) is 1. The van der Waals surface area contributed by atoms with Gasteiger partial charge < -0.3 is 10.5 Å². The van der Waals surface area contributed by atoms with Gasteiger partial charge in [0.25, 0.3) is 0 Å². The van der Waals surface area contributed by atoms with Crippen LogP contribution >= 0.6 is 0 Å². The molecular weight excluding hydrogens is 372 g/mol. The minimum Gasteiger partial charge on any atom is -0.489 e. The van der Waals surface area contributed by atoms with Crippen LogP contribution in [0.25, 0.3) is 0 Å². The van der Waals surface area contributed by atoms with E-state index in [0.29, 0.717) is 18.7 Å². The van der Waals surface area contributed by atoms with E-state index in [0.717, 1.165) is 16.9 Å². The molecule has 0 fully saturated rings. The summed E-state index contributed by atoms with van der Waals surface area (Å²) in [5, 5.41) is 0. The zero-order valence-electron chi connectivity index (χ0n) is 15.8. The molecule has 0 saturated heterocycles. The molecule has 0 aliphatic heterocycles. The maximum atomic E-state index is 12.4. The van der Waals surface area contributed by atoms with Gasteiger partial charge in [0.15, 0.2) is 0 Å². The molecule has 0 aliphatic rings. The molecule has 3 aromatic carbocycles. The summed E-state index contributed by atoms with van der Waals surface area (Å²) in [5.74, 6) is 0.762. The van der Waals surface area contributed by atoms with Crippen LogP contribution in [0.4, 0.5) is 5.69 Å². The first-order chi connectivity index (χ1) is 13.5. The number of rotatable bonds is 8. The first-order valence-electron chi connectivity index (χ1n) is 9.06. The lowest BCUT2D eigenvalue weighted by Gasteiger charge is -2.13. The van der Waals surface area contributed by atoms with Gasteiger partial charge >= 0.3 is 0 Å². The predicted molar refractivity (Wildman–Crippen MR) is 112 cm³/mol. The minimum atomic E-state index is -3.57. The van der Waals surface area contributed by atoms with E-state index in [1.807, 2.05) is 42.5 Å². The third-order valence-electron chi connectivity index (χ3n) is 4.49. The van der Waals surface area contributed by atoms with Gasteiger partial charge in [-0.15, -0.1) is 0 Å². The summed E-state index contributed by atoms with van der Waals surface area (Å²) in [5.41, 5.74) is 9.40. The fraction of sp³-hybridized carbons (Fsp3) is 0.182. The normalized spacial score (nSPS) is 11.3. The van der Waals surface area contributed by atoms with Crippen LogP contribution in [0.5, 0.6) is 5.75 Å². The Balaban J connectivity index is 1.62. The summed E-state index contributed by atoms with van der Waals surface area (Å²) >= 11 is 0. The van der Waals surface area contributed by atoms with E-state index in [1.54, 1.807) is 12.1 Å². The SMILES string of the molecule is Cc1ccccc1COc1ccccc1CCNS(=O)(=O)c1ccc(N)cc1. The second-order valence-corrected chi connectivity index (χ2v) is 8.31. The molecule has 0 aliphatic carbocycles. The number of anilines is 1. The van der Waals surface area contributed by atoms with E-state index in [1.165, 1.54) is 17.7 Å². The zero-order valence-corrected chi connectivity index (χ0v) is 16.6. The van der Waals surface area contributed by atoms with Crippen LogP contribution in [-0.2, 0) is 23.1 Å². The number of nitrogen functional groups attached to an aromatic ring is 1. The van der Waals surface area contributed by atoms with Gasteiger partial charge in [0.05, 0.1) is 4.90 Å². The molecule has 0 amide bonds. The van der Waals surface area contributed by atoms with Crippen molar-refractivity contribution in [3.05, 3.63) is 89.5 Å². The van der Waals surface area contributed by atoms with E-state index in [2.05, 4.69) is 17.7 Å². The highest BCUT2D eigenvalue weighted by Crippen LogP contribution is 2.21. The molecule has 3 rings (SSSR count). The maximum Gasteiger partial charge on any atom is 0.240 e. The van der Waals surface area contributed by atoms with Gasteiger partial charge in [-0.05, 0) is 60.4 Å². The number of benzene rings is 3. The molecule has 0 bridgehead atoms. The molecule has 28 heavy (non-hydrogen) atoms. The Hall–Kier alpha value is -2.83. The number of hydrogen-bond donors (Lipinski definition) is 2. The third-order valence-corrected chi connectivity index (χ3v) is 5.97. The monoisotopic (exact) mass is 396 g/mol. The molecule has 0 aromatic heterocycles. The Morgan fingerprint density at radius 3 is 2.25 bits per heavy atom. The van der Waals surface area contributed by atoms with Gasteiger partial charge in [0.2, 0.25) is 10.0 Å². The van der Waals surface area contributed by atoms with Crippen LogP contribution in [0.1, 0.15) is 16.7 Å². The summed E-state index contributed by atoms with van der Waals surface area (Å²) < 4.78 is 33.4. The molecule has 146 valence electrons. The van der Waals surface area contributed by atoms with Gasteiger partial charge in [-0.1, -0.05) is 42.5 Å². The molecular formula is C22H24N2O3S. The van der Waals surface area contributed by atoms with Crippen molar-refractivity contribution in [3.63, 3.8) is 0 Å². The van der Waals surface area contributed by atoms with Crippen LogP contribution in [0.3, 0.4) is 0 Å². The zero-order chi connectivity index (χ0) is 20.0. The second-order valence-electron chi connectivity index (χ2n) is 6.54. The Kier molecular flexibility index (Phi) is 6.34. The van der Waals surface area contributed by atoms with Crippen molar-refractivity contribution >= 4 is 15.7 Å². The van der Waals surface area contributed by atoms with Crippen molar-refractivity contribution in [3.8, 4) is 5.75 Å². The summed E-state index contributed by atoms with van der Waals surface area (Å²) in [7, 11) is -3.57. The lowest BCUT2D eigenvalue weighted by molar-refractivity contribution is 0.302. The van der Waals surface area contributed by atoms with Crippen molar-refractivity contribution in [2.24, 2.45) is 0 Å². The molecule has 0 atom stereocenters. The van der Waals surface area contributed by atoms with E-state index in [4.69, 9.17) is 10.5 Å². The first kappa shape index (κ1) is 19.9. The molecule has 3 aromatic rings. The summed E-state index contributed by atoms with van der Waals surface area (Å²) in [6.45, 7) is 2.80. The molecule has 0 radical (unpaired) electrons. The number of ether oxygens (including phenoxy) is 1. The lowest BCUT2D eigenvalue weighted by atomic mass is 10.1. The molecule has 0 unspecified atom stereocenters. The fourth-order valence-electron chi connectivity index (χ4n) is 2.83. The quantitative estimate of drug-likeness (QED) is 0.569. The van der Waals surface area contributed by atoms with E-state index < -0.39 is 10.0 Å². The van der Waals surface area contributed by atoms with Crippen LogP contribution < -0.4 is 15.2 Å². The lowest BCUT2D eigenvalue weighted by Crippen LogP contribution is -2.26. The topological polar surface area (TPSA) is 81.4 Å². The summed E-state index contributed by atoms with van der Waals surface area (Å²) in [6.07, 6.45) is 0.526. The number of hydrogen-bond acceptors (Lipinski definition) is 4. The van der Waals surface area contributed by atoms with Crippen LogP contribution in [0.2, 0.25) is 0 Å². The predicted octanol–water partition coefficient (Wildman–Crippen LogP) is 3.68. The largest absolute Gasteiger partial charge is 0.489 e. The van der Waals surface area contributed by atoms with Gasteiger partial charge in [-0.25, -0.2) is 13.1 Å². The van der Waals surface area contributed by atoms with E-state index >= 15 is 0 Å². The van der Waals surface area contributed by atoms with Crippen molar-refractivity contribution < 1.29 is 13.2 Å². The Morgan fingerprint density at radius 1 is 0.893 bits per heavy atom. The number of aryl methyl sites for hydroxylation is 1. The minimum absolute atomic E-state index is 0.200. The van der Waals surface area contributed by atoms with Gasteiger partial charge in [-0.3, -0.25) is 0 Å². The molecule has 3 N–H and O–H groups in total. The number of para-hydroxylation sites is 1. The number of sulfonamides is 1. The van der Waals surface area contributed by atoms with E-state index in [9.17, 15) is 8.42 Å². The average Bonchev–Trinajstić information content (AvgIpc) is 2.68. The summed E-state index contributed by atoms with van der Waals surface area (Å²) in [6, 6.07) is 21.9. The molecule has 0 spiro atoms. The van der Waals surface area contributed by atoms with E-state index in [-0.39, 0.29) is 11.4 Å². The number of nitrogens with one attached hydrogen (secondary N) is 1. The summed E-state index contributed by atoms with van der Waals surface area (Å²) in [4.78, 5) is 0.200. The van der Waals surface area contributed by atoms with Crippen molar-refractivity contribution in [2.75, 3.05) is 12.3 Å².